The van der Waals surface area contributed by atoms with Crippen LogP contribution in [0.15, 0.2) is 0 Å². The number of carbonyl (C=O) groups is 2. The summed E-state index contributed by atoms with van der Waals surface area (Å²) < 4.78 is 137. The van der Waals surface area contributed by atoms with E-state index in [4.69, 9.17) is 37.9 Å². The molecule has 18 N–H and O–H groups in total. The molecule has 2 amide bonds. The Hall–Kier alpha value is -1.04. The Morgan fingerprint density at radius 2 is 0.566 bits per heavy atom. The normalized spacial score (nSPS) is 27.1. The minimum Gasteiger partial charge on any atom is -0.447 e. The number of nitrogens with one attached hydrogen (secondary N) is 2. The topological polar surface area (TPSA) is 614 Å². The van der Waals surface area contributed by atoms with Crippen molar-refractivity contribution in [2.45, 2.75) is 79.7 Å². The van der Waals surface area contributed by atoms with Crippen LogP contribution in [0.3, 0.4) is 0 Å². The number of hydrogen-bond donors (Lipinski definition) is 18. The van der Waals surface area contributed by atoms with Gasteiger partial charge in [0, 0.05) is 19.5 Å². The number of rotatable bonds is 38. The van der Waals surface area contributed by atoms with Crippen LogP contribution in [0, 0.1) is 0 Å². The summed E-state index contributed by atoms with van der Waals surface area (Å²) in [6, 6.07) is 0. The first-order valence-electron chi connectivity index (χ1n) is 21.4. The van der Waals surface area contributed by atoms with Crippen LogP contribution in [0.1, 0.15) is 6.42 Å². The second kappa shape index (κ2) is 33.2. The minimum atomic E-state index is -5.60. The molecule has 0 aromatic carbocycles. The van der Waals surface area contributed by atoms with Crippen molar-refractivity contribution in [2.24, 2.45) is 0 Å². The molecule has 0 saturated heterocycles. The number of hydrogen-bond acceptors (Lipinski definition) is 26. The average Bonchev–Trinajstić information content (AvgIpc) is 3.26. The highest BCUT2D eigenvalue weighted by molar-refractivity contribution is 7.47. The molecule has 2 aliphatic carbocycles. The summed E-state index contributed by atoms with van der Waals surface area (Å²) in [5.74, 6) is -0.587. The van der Waals surface area contributed by atoms with Crippen LogP contribution in [-0.2, 0) is 97.2 Å². The maximum atomic E-state index is 12.2. The lowest BCUT2D eigenvalue weighted by atomic mass is 9.85. The summed E-state index contributed by atoms with van der Waals surface area (Å²) in [5, 5.41) is 47.2. The van der Waals surface area contributed by atoms with Gasteiger partial charge in [-0.25, -0.2) is 32.2 Å². The molecule has 2 fully saturated rings. The van der Waals surface area contributed by atoms with Crippen LogP contribution >= 0.6 is 46.9 Å². The Labute approximate surface area is 428 Å². The van der Waals surface area contributed by atoms with Crippen molar-refractivity contribution in [3.8, 4) is 0 Å². The van der Waals surface area contributed by atoms with Gasteiger partial charge in [-0.3, -0.25) is 31.9 Å². The smallest absolute Gasteiger partial charge is 0.447 e. The number of phosphoric ester groups is 6. The maximum Gasteiger partial charge on any atom is 0.470 e. The fraction of sp³-hybridized carbons (Fsp3) is 0.933. The molecule has 2 rings (SSSR count). The van der Waals surface area contributed by atoms with Crippen LogP contribution in [0.25, 0.3) is 0 Å². The van der Waals surface area contributed by atoms with Gasteiger partial charge in [0.05, 0.1) is 79.3 Å². The van der Waals surface area contributed by atoms with Crippen LogP contribution in [0.5, 0.6) is 0 Å². The molecule has 0 spiro atoms. The van der Waals surface area contributed by atoms with Gasteiger partial charge in [0.25, 0.3) is 0 Å². The third-order valence-electron chi connectivity index (χ3n) is 9.38. The lowest BCUT2D eigenvalue weighted by molar-refractivity contribution is -0.224. The van der Waals surface area contributed by atoms with E-state index in [9.17, 15) is 116 Å². The Bertz CT molecular complexity index is 1890. The van der Waals surface area contributed by atoms with E-state index >= 15 is 0 Å². The summed E-state index contributed by atoms with van der Waals surface area (Å²) in [5.41, 5.74) is 0. The summed E-state index contributed by atoms with van der Waals surface area (Å²) in [4.78, 5) is 135. The van der Waals surface area contributed by atoms with Crippen molar-refractivity contribution < 1.29 is 181 Å². The molecular formula is C30H62N2O38P6. The quantitative estimate of drug-likeness (QED) is 0.0202. The van der Waals surface area contributed by atoms with E-state index in [2.05, 4.69) is 37.8 Å². The number of aliphatic hydroxyl groups is 4. The van der Waals surface area contributed by atoms with E-state index in [1.54, 1.807) is 0 Å². The molecule has 450 valence electrons. The van der Waals surface area contributed by atoms with Crippen LogP contribution in [-0.4, -0.2) is 263 Å². The second-order valence-corrected chi connectivity index (χ2v) is 22.4. The van der Waals surface area contributed by atoms with E-state index in [0.717, 1.165) is 0 Å². The van der Waals surface area contributed by atoms with Gasteiger partial charge in [0.1, 0.15) is 79.9 Å². The van der Waals surface area contributed by atoms with E-state index in [1.807, 2.05) is 0 Å². The van der Waals surface area contributed by atoms with Crippen molar-refractivity contribution in [2.75, 3.05) is 99.0 Å². The first-order valence-corrected chi connectivity index (χ1v) is 30.6. The van der Waals surface area contributed by atoms with Crippen molar-refractivity contribution in [3.63, 3.8) is 0 Å². The zero-order chi connectivity index (χ0) is 57.7. The lowest BCUT2D eigenvalue weighted by Crippen LogP contribution is -2.65. The maximum absolute atomic E-state index is 12.2. The summed E-state index contributed by atoms with van der Waals surface area (Å²) in [7, 11) is -33.4. The Kier molecular flexibility index (Phi) is 31.0. The monoisotopic (exact) mass is 1240 g/mol. The number of ether oxygens (including phenoxy) is 8. The van der Waals surface area contributed by atoms with Crippen molar-refractivity contribution >= 4 is 58.9 Å². The molecule has 0 aromatic rings. The van der Waals surface area contributed by atoms with E-state index in [0.29, 0.717) is 0 Å². The number of amides is 2. The predicted molar refractivity (Wildman–Crippen MR) is 236 cm³/mol. The summed E-state index contributed by atoms with van der Waals surface area (Å²) in [6.45, 7) is -1.29. The highest BCUT2D eigenvalue weighted by Gasteiger charge is 2.59. The molecule has 76 heavy (non-hydrogen) atoms. The first-order chi connectivity index (χ1) is 35.0. The lowest BCUT2D eigenvalue weighted by Gasteiger charge is -2.46. The molecule has 0 unspecified atom stereocenters. The van der Waals surface area contributed by atoms with Gasteiger partial charge in [0.2, 0.25) is 5.91 Å². The minimum absolute atomic E-state index is 0.0740. The van der Waals surface area contributed by atoms with Crippen molar-refractivity contribution in [1.82, 2.24) is 10.6 Å². The molecule has 0 aliphatic heterocycles. The number of alkyl carbamates (subject to hydrolysis) is 1. The van der Waals surface area contributed by atoms with Gasteiger partial charge in [-0.2, -0.15) is 0 Å². The highest BCUT2D eigenvalue weighted by atomic mass is 31.2. The molecule has 0 aromatic heterocycles. The standard InChI is InChI=1S/C30H62N2O38P6/c33-17(31-2-5-62-22-18(34)26(67-73(45,46)47)28(69-75(51,52)53)20(36)24(22)65-71(39,40)41)1-4-57-7-8-58-9-10-59-11-12-60-13-14-61-15-16-64-30(38)32-3-6-63-23-19(35)27(68-74(48,49)50)29(70-76(54,55)56)21(37)25(23)66-72(42,43)44/h18-29,34-37H,1-16H2,(H,31,33)(H,32,38)(H2,39,40,41)(H2,42,43,44)(H2,45,46,47)(H2,48,49,50)(H2,51,52,53)(H2,54,55,56)/t18-,19-,20-,21-,22+,23+,24-,25-,26+,27+,28+,29+/m0/s1. The average molecular weight is 1240 g/mol. The van der Waals surface area contributed by atoms with Crippen LogP contribution in [0.2, 0.25) is 0 Å². The fourth-order valence-electron chi connectivity index (χ4n) is 6.59. The van der Waals surface area contributed by atoms with E-state index in [-0.39, 0.29) is 85.6 Å². The van der Waals surface area contributed by atoms with Crippen LogP contribution in [0.4, 0.5) is 4.79 Å². The highest BCUT2D eigenvalue weighted by Crippen LogP contribution is 2.51. The van der Waals surface area contributed by atoms with Gasteiger partial charge in [-0.1, -0.05) is 0 Å². The number of aliphatic hydroxyl groups excluding tert-OH is 4. The molecular weight excluding hydrogens is 1180 g/mol. The summed E-state index contributed by atoms with van der Waals surface area (Å²) >= 11 is 0. The molecule has 2 saturated carbocycles. The molecule has 0 radical (unpaired) electrons. The molecule has 46 heteroatoms. The van der Waals surface area contributed by atoms with Crippen molar-refractivity contribution in [3.05, 3.63) is 0 Å². The first kappa shape index (κ1) is 71.1. The molecule has 2 aliphatic rings. The van der Waals surface area contributed by atoms with Gasteiger partial charge in [-0.15, -0.1) is 0 Å². The number of phosphoric acid groups is 6. The predicted octanol–water partition coefficient (Wildman–Crippen LogP) is -6.59. The fourth-order valence-corrected chi connectivity index (χ4v) is 9.96. The molecule has 40 nitrogen and oxygen atoms in total. The van der Waals surface area contributed by atoms with Crippen LogP contribution < -0.4 is 10.6 Å². The zero-order valence-electron chi connectivity index (χ0n) is 39.1. The van der Waals surface area contributed by atoms with Gasteiger partial charge in [-0.05, 0) is 0 Å². The molecule has 0 heterocycles. The second-order valence-electron chi connectivity index (χ2n) is 15.2. The van der Waals surface area contributed by atoms with E-state index < -0.39 is 152 Å². The van der Waals surface area contributed by atoms with E-state index in [1.165, 1.54) is 0 Å². The SMILES string of the molecule is O=C(CCOCCOCCOCCOCCOCCOC(=O)NCCO[C@@H]1[C@H](O)[C@@H](OP(=O)(O)O)[C@H](OP(=O)(O)O)[C@@H](O)[C@@H]1OP(=O)(O)O)NCCO[C@@H]1[C@H](O)[C@@H](OP(=O)(O)O)[C@H](OP(=O)(O)O)[C@@H](O)[C@@H]1OP(=O)(O)O. The molecule has 0 bridgehead atoms. The van der Waals surface area contributed by atoms with Crippen molar-refractivity contribution in [1.29, 1.82) is 0 Å². The number of carbonyl (C=O) groups excluding carboxylic acids is 2. The zero-order valence-corrected chi connectivity index (χ0v) is 44.4. The van der Waals surface area contributed by atoms with Gasteiger partial charge >= 0.3 is 53.0 Å². The van der Waals surface area contributed by atoms with Gasteiger partial charge in [0.15, 0.2) is 0 Å². The largest absolute Gasteiger partial charge is 0.470 e. The Balaban J connectivity index is 1.54. The summed E-state index contributed by atoms with van der Waals surface area (Å²) in [6.07, 6.45) is -29.9. The Morgan fingerprint density at radius 1 is 0.329 bits per heavy atom. The Morgan fingerprint density at radius 3 is 0.855 bits per heavy atom. The third kappa shape index (κ3) is 30.1. The third-order valence-corrected chi connectivity index (χ3v) is 12.5. The molecule has 12 atom stereocenters. The van der Waals surface area contributed by atoms with Gasteiger partial charge < -0.3 is 128 Å².